The van der Waals surface area contributed by atoms with E-state index in [0.717, 1.165) is 66.0 Å². The van der Waals surface area contributed by atoms with Crippen molar-refractivity contribution in [2.24, 2.45) is 0 Å². The van der Waals surface area contributed by atoms with Crippen LogP contribution in [-0.4, -0.2) is 69.4 Å². The van der Waals surface area contributed by atoms with Gasteiger partial charge < -0.3 is 10.2 Å². The van der Waals surface area contributed by atoms with Crippen LogP contribution in [0.15, 0.2) is 12.7 Å². The van der Waals surface area contributed by atoms with E-state index in [-0.39, 0.29) is 5.91 Å². The van der Waals surface area contributed by atoms with E-state index in [1.54, 1.807) is 41.7 Å². The zero-order valence-corrected chi connectivity index (χ0v) is 22.6. The first-order valence-electron chi connectivity index (χ1n) is 11.4. The van der Waals surface area contributed by atoms with Crippen LogP contribution < -0.4 is 5.32 Å². The Kier molecular flexibility index (Phi) is 7.47. The molecule has 0 spiro atoms. The summed E-state index contributed by atoms with van der Waals surface area (Å²) < 4.78 is 0. The predicted molar refractivity (Wildman–Crippen MR) is 143 cm³/mol. The Labute approximate surface area is 221 Å². The molecule has 4 aromatic heterocycles. The number of hydrogen-bond donors (Lipinski definition) is 1. The number of amides is 1. The molecule has 0 atom stereocenters. The van der Waals surface area contributed by atoms with Crippen molar-refractivity contribution in [3.63, 3.8) is 0 Å². The van der Waals surface area contributed by atoms with Crippen LogP contribution in [0.25, 0.3) is 20.4 Å². The molecule has 0 saturated heterocycles. The molecule has 1 N–H and O–H groups in total. The van der Waals surface area contributed by atoms with E-state index in [1.165, 1.54) is 33.5 Å². The van der Waals surface area contributed by atoms with E-state index in [9.17, 15) is 4.79 Å². The number of thiophene rings is 2. The van der Waals surface area contributed by atoms with Gasteiger partial charge in [-0.05, 0) is 30.5 Å². The van der Waals surface area contributed by atoms with Crippen LogP contribution in [0.3, 0.4) is 0 Å². The monoisotopic (exact) mass is 549 g/mol. The molecule has 0 saturated carbocycles. The summed E-state index contributed by atoms with van der Waals surface area (Å²) in [5.41, 5.74) is 2.63. The summed E-state index contributed by atoms with van der Waals surface area (Å²) in [6.07, 6.45) is 5.58. The second-order valence-electron chi connectivity index (χ2n) is 8.69. The average Bonchev–Trinajstić information content (AvgIpc) is 3.42. The van der Waals surface area contributed by atoms with E-state index in [0.29, 0.717) is 16.7 Å². The standard InChI is InChI=1S/C14H17ClN4OS.C9H8ClN3S/c1-18(2)11(20)4-6-19-5-3-9-10(7-19)21-14-12(9)13(15)16-8-17-14;10-8-7-5-1-2-11-3-6(5)14-9(7)13-4-12-8/h8H,3-7H2,1-2H3;4,11H,1-3H2. The Balaban J connectivity index is 0.000000156. The van der Waals surface area contributed by atoms with Crippen LogP contribution in [0, 0.1) is 0 Å². The molecular formula is C23H25Cl2N7OS2. The van der Waals surface area contributed by atoms with Gasteiger partial charge in [-0.3, -0.25) is 9.69 Å². The zero-order chi connectivity index (χ0) is 24.5. The maximum absolute atomic E-state index is 11.7. The van der Waals surface area contributed by atoms with Gasteiger partial charge in [-0.2, -0.15) is 0 Å². The normalized spacial score (nSPS) is 15.4. The van der Waals surface area contributed by atoms with Crippen LogP contribution in [0.4, 0.5) is 0 Å². The Morgan fingerprint density at radius 3 is 2.29 bits per heavy atom. The molecule has 0 aromatic carbocycles. The van der Waals surface area contributed by atoms with Crippen molar-refractivity contribution in [3.05, 3.63) is 43.8 Å². The molecule has 0 unspecified atom stereocenters. The molecule has 0 radical (unpaired) electrons. The summed E-state index contributed by atoms with van der Waals surface area (Å²) >= 11 is 15.7. The van der Waals surface area contributed by atoms with Gasteiger partial charge in [0.2, 0.25) is 5.91 Å². The molecule has 4 aromatic rings. The fourth-order valence-corrected chi connectivity index (χ4v) is 7.42. The number of nitrogens with one attached hydrogen (secondary N) is 1. The third kappa shape index (κ3) is 5.14. The highest BCUT2D eigenvalue weighted by Crippen LogP contribution is 2.37. The van der Waals surface area contributed by atoms with Gasteiger partial charge in [0.15, 0.2) is 0 Å². The SMILES string of the molecule is CN(C)C(=O)CCN1CCc2c(sc3ncnc(Cl)c23)C1.Clc1ncnc2sc3c(c12)CCNC3. The minimum Gasteiger partial charge on any atom is -0.349 e. The number of carbonyl (C=O) groups excluding carboxylic acids is 1. The minimum atomic E-state index is 0.172. The Morgan fingerprint density at radius 1 is 1.00 bits per heavy atom. The molecule has 12 heteroatoms. The number of hydrogen-bond acceptors (Lipinski definition) is 9. The largest absolute Gasteiger partial charge is 0.349 e. The molecule has 2 aliphatic heterocycles. The summed E-state index contributed by atoms with van der Waals surface area (Å²) in [5.74, 6) is 0.172. The van der Waals surface area contributed by atoms with Gasteiger partial charge >= 0.3 is 0 Å². The van der Waals surface area contributed by atoms with E-state index in [4.69, 9.17) is 23.2 Å². The lowest BCUT2D eigenvalue weighted by Gasteiger charge is -2.27. The number of halogens is 2. The molecule has 0 bridgehead atoms. The van der Waals surface area contributed by atoms with Gasteiger partial charge in [0.1, 0.15) is 32.6 Å². The van der Waals surface area contributed by atoms with Gasteiger partial charge in [-0.1, -0.05) is 23.2 Å². The van der Waals surface area contributed by atoms with Crippen LogP contribution in [-0.2, 0) is 30.7 Å². The van der Waals surface area contributed by atoms with E-state index >= 15 is 0 Å². The van der Waals surface area contributed by atoms with Crippen molar-refractivity contribution >= 4 is 72.2 Å². The summed E-state index contributed by atoms with van der Waals surface area (Å²) in [4.78, 5) is 36.9. The first-order valence-corrected chi connectivity index (χ1v) is 13.8. The van der Waals surface area contributed by atoms with E-state index < -0.39 is 0 Å². The molecule has 1 amide bonds. The molecule has 184 valence electrons. The molecule has 8 nitrogen and oxygen atoms in total. The summed E-state index contributed by atoms with van der Waals surface area (Å²) in [6, 6.07) is 0. The highest BCUT2D eigenvalue weighted by molar-refractivity contribution is 7.19. The molecular weight excluding hydrogens is 525 g/mol. The molecule has 0 aliphatic carbocycles. The zero-order valence-electron chi connectivity index (χ0n) is 19.5. The molecule has 6 rings (SSSR count). The van der Waals surface area contributed by atoms with Gasteiger partial charge in [0.25, 0.3) is 0 Å². The van der Waals surface area contributed by atoms with Gasteiger partial charge in [-0.25, -0.2) is 19.9 Å². The number of carbonyl (C=O) groups is 1. The van der Waals surface area contributed by atoms with Gasteiger partial charge in [-0.15, -0.1) is 22.7 Å². The highest BCUT2D eigenvalue weighted by atomic mass is 35.5. The van der Waals surface area contributed by atoms with Crippen LogP contribution in [0.5, 0.6) is 0 Å². The van der Waals surface area contributed by atoms with Crippen molar-refractivity contribution in [2.75, 3.05) is 33.7 Å². The van der Waals surface area contributed by atoms with Crippen molar-refractivity contribution in [2.45, 2.75) is 32.4 Å². The first-order chi connectivity index (χ1) is 16.9. The van der Waals surface area contributed by atoms with Crippen LogP contribution in [0.1, 0.15) is 27.3 Å². The number of rotatable bonds is 3. The van der Waals surface area contributed by atoms with Crippen molar-refractivity contribution < 1.29 is 4.79 Å². The van der Waals surface area contributed by atoms with Crippen molar-refractivity contribution in [1.29, 1.82) is 0 Å². The second kappa shape index (κ2) is 10.6. The Bertz CT molecular complexity index is 1390. The summed E-state index contributed by atoms with van der Waals surface area (Å²) in [7, 11) is 3.59. The molecule has 0 fully saturated rings. The minimum absolute atomic E-state index is 0.172. The predicted octanol–water partition coefficient (Wildman–Crippen LogP) is 4.17. The second-order valence-corrected chi connectivity index (χ2v) is 11.6. The van der Waals surface area contributed by atoms with Crippen LogP contribution in [0.2, 0.25) is 10.3 Å². The smallest absolute Gasteiger partial charge is 0.223 e. The molecule has 6 heterocycles. The number of aromatic nitrogens is 4. The van der Waals surface area contributed by atoms with E-state index in [1.807, 2.05) is 0 Å². The first kappa shape index (κ1) is 24.7. The Morgan fingerprint density at radius 2 is 1.63 bits per heavy atom. The topological polar surface area (TPSA) is 87.1 Å². The Hall–Kier alpha value is -1.95. The lowest BCUT2D eigenvalue weighted by molar-refractivity contribution is -0.129. The van der Waals surface area contributed by atoms with Crippen molar-refractivity contribution in [3.8, 4) is 0 Å². The number of fused-ring (bicyclic) bond motifs is 6. The van der Waals surface area contributed by atoms with Crippen LogP contribution >= 0.6 is 45.9 Å². The highest BCUT2D eigenvalue weighted by Gasteiger charge is 2.23. The average molecular weight is 551 g/mol. The van der Waals surface area contributed by atoms with E-state index in [2.05, 4.69) is 30.2 Å². The quantitative estimate of drug-likeness (QED) is 0.383. The lowest BCUT2D eigenvalue weighted by Crippen LogP contribution is -2.33. The summed E-state index contributed by atoms with van der Waals surface area (Å²) in [5, 5.41) is 6.56. The third-order valence-corrected chi connectivity index (χ3v) is 9.11. The lowest BCUT2D eigenvalue weighted by atomic mass is 10.1. The fraction of sp³-hybridized carbons (Fsp3) is 0.435. The third-order valence-electron chi connectivity index (χ3n) is 6.27. The maximum atomic E-state index is 11.7. The molecule has 2 aliphatic rings. The number of nitrogens with zero attached hydrogens (tertiary/aromatic N) is 6. The fourth-order valence-electron chi connectivity index (χ4n) is 4.43. The van der Waals surface area contributed by atoms with Gasteiger partial charge in [0, 0.05) is 56.4 Å². The maximum Gasteiger partial charge on any atom is 0.223 e. The van der Waals surface area contributed by atoms with Crippen molar-refractivity contribution in [1.82, 2.24) is 35.1 Å². The molecule has 35 heavy (non-hydrogen) atoms. The van der Waals surface area contributed by atoms with Gasteiger partial charge in [0.05, 0.1) is 10.8 Å². The summed E-state index contributed by atoms with van der Waals surface area (Å²) in [6.45, 7) is 4.57.